The number of likely N-dealkylation sites (tertiary alicyclic amines) is 1. The third-order valence-electron chi connectivity index (χ3n) is 6.01. The van der Waals surface area contributed by atoms with Crippen molar-refractivity contribution in [2.75, 3.05) is 42.5 Å². The normalized spacial score (nSPS) is 20.4. The molecule has 5 heteroatoms. The minimum absolute atomic E-state index is 0.148. The molecule has 2 aromatic rings. The summed E-state index contributed by atoms with van der Waals surface area (Å²) in [6.07, 6.45) is 5.24. The van der Waals surface area contributed by atoms with E-state index in [0.717, 1.165) is 56.9 Å². The van der Waals surface area contributed by atoms with E-state index >= 15 is 0 Å². The molecule has 1 aromatic heterocycles. The van der Waals surface area contributed by atoms with Gasteiger partial charge in [0.15, 0.2) is 0 Å². The molecule has 148 valence electrons. The van der Waals surface area contributed by atoms with Gasteiger partial charge in [-0.2, -0.15) is 0 Å². The van der Waals surface area contributed by atoms with Crippen LogP contribution in [0.1, 0.15) is 42.1 Å². The summed E-state index contributed by atoms with van der Waals surface area (Å²) in [6, 6.07) is 12.7. The number of aryl methyl sites for hydroxylation is 1. The maximum Gasteiger partial charge on any atom is 0.254 e. The van der Waals surface area contributed by atoms with Gasteiger partial charge in [-0.15, -0.1) is 0 Å². The summed E-state index contributed by atoms with van der Waals surface area (Å²) in [4.78, 5) is 24.2. The van der Waals surface area contributed by atoms with E-state index in [2.05, 4.69) is 52.9 Å². The molecule has 2 aliphatic heterocycles. The highest BCUT2D eigenvalue weighted by molar-refractivity contribution is 5.95. The molecule has 0 aliphatic carbocycles. The molecule has 1 amide bonds. The van der Waals surface area contributed by atoms with Gasteiger partial charge in [-0.1, -0.05) is 18.2 Å². The van der Waals surface area contributed by atoms with Crippen molar-refractivity contribution < 1.29 is 4.79 Å². The summed E-state index contributed by atoms with van der Waals surface area (Å²) in [6.45, 7) is 8.99. The molecule has 1 aromatic carbocycles. The number of para-hydroxylation sites is 1. The molecule has 4 rings (SSSR count). The number of carbonyl (C=O) groups excluding carboxylic acids is 1. The number of pyridine rings is 1. The van der Waals surface area contributed by atoms with Crippen LogP contribution < -0.4 is 9.80 Å². The van der Waals surface area contributed by atoms with Crippen molar-refractivity contribution in [1.82, 2.24) is 9.88 Å². The minimum atomic E-state index is 0.148. The standard InChI is InChI=1S/C23H30N4O/c1-18-8-4-5-9-21(18)26-14-15-27(19(2)17-26)22-16-20(10-11-24-22)23(28)25-12-6-3-7-13-25/h4-5,8-11,16,19H,3,6-7,12-15,17H2,1-2H3. The number of aromatic nitrogens is 1. The summed E-state index contributed by atoms with van der Waals surface area (Å²) in [5.74, 6) is 1.06. The lowest BCUT2D eigenvalue weighted by atomic mass is 10.1. The van der Waals surface area contributed by atoms with Crippen LogP contribution in [0.5, 0.6) is 0 Å². The van der Waals surface area contributed by atoms with E-state index in [1.165, 1.54) is 17.7 Å². The van der Waals surface area contributed by atoms with Crippen molar-refractivity contribution in [3.05, 3.63) is 53.7 Å². The summed E-state index contributed by atoms with van der Waals surface area (Å²) < 4.78 is 0. The Kier molecular flexibility index (Phi) is 5.51. The van der Waals surface area contributed by atoms with Gasteiger partial charge in [0.05, 0.1) is 0 Å². The molecule has 1 unspecified atom stereocenters. The van der Waals surface area contributed by atoms with Crippen LogP contribution in [0.2, 0.25) is 0 Å². The van der Waals surface area contributed by atoms with Crippen LogP contribution in [0.25, 0.3) is 0 Å². The molecule has 2 aliphatic rings. The zero-order valence-electron chi connectivity index (χ0n) is 17.0. The number of benzene rings is 1. The Bertz CT molecular complexity index is 831. The maximum absolute atomic E-state index is 12.9. The molecular weight excluding hydrogens is 348 g/mol. The van der Waals surface area contributed by atoms with Crippen LogP contribution in [0, 0.1) is 6.92 Å². The first-order valence-corrected chi connectivity index (χ1v) is 10.5. The van der Waals surface area contributed by atoms with E-state index in [9.17, 15) is 4.79 Å². The van der Waals surface area contributed by atoms with Crippen LogP contribution in [0.15, 0.2) is 42.6 Å². The molecule has 0 radical (unpaired) electrons. The average Bonchev–Trinajstić information content (AvgIpc) is 2.74. The Balaban J connectivity index is 1.48. The van der Waals surface area contributed by atoms with E-state index in [1.54, 1.807) is 6.20 Å². The van der Waals surface area contributed by atoms with Crippen molar-refractivity contribution in [3.63, 3.8) is 0 Å². The predicted octanol–water partition coefficient (Wildman–Crippen LogP) is 3.73. The Morgan fingerprint density at radius 1 is 1.04 bits per heavy atom. The second-order valence-electron chi connectivity index (χ2n) is 8.03. The van der Waals surface area contributed by atoms with Crippen LogP contribution in [-0.4, -0.2) is 54.6 Å². The molecule has 0 spiro atoms. The second kappa shape index (κ2) is 8.21. The SMILES string of the molecule is Cc1ccccc1N1CCN(c2cc(C(=O)N3CCCCC3)ccn2)C(C)C1. The van der Waals surface area contributed by atoms with Crippen molar-refractivity contribution in [3.8, 4) is 0 Å². The molecule has 2 fully saturated rings. The highest BCUT2D eigenvalue weighted by Gasteiger charge is 2.26. The zero-order chi connectivity index (χ0) is 19.5. The van der Waals surface area contributed by atoms with E-state index in [0.29, 0.717) is 6.04 Å². The molecule has 1 atom stereocenters. The van der Waals surface area contributed by atoms with Gasteiger partial charge in [-0.25, -0.2) is 4.98 Å². The van der Waals surface area contributed by atoms with Gasteiger partial charge < -0.3 is 14.7 Å². The van der Waals surface area contributed by atoms with Crippen LogP contribution in [0.4, 0.5) is 11.5 Å². The summed E-state index contributed by atoms with van der Waals surface area (Å²) in [7, 11) is 0. The van der Waals surface area contributed by atoms with Crippen molar-refractivity contribution >= 4 is 17.4 Å². The number of amides is 1. The first kappa shape index (κ1) is 18.8. The van der Waals surface area contributed by atoms with Crippen molar-refractivity contribution in [2.45, 2.75) is 39.2 Å². The summed E-state index contributed by atoms with van der Waals surface area (Å²) >= 11 is 0. The molecule has 2 saturated heterocycles. The largest absolute Gasteiger partial charge is 0.367 e. The lowest BCUT2D eigenvalue weighted by Crippen LogP contribution is -2.52. The van der Waals surface area contributed by atoms with Crippen molar-refractivity contribution in [1.29, 1.82) is 0 Å². The Labute approximate surface area is 168 Å². The highest BCUT2D eigenvalue weighted by Crippen LogP contribution is 2.26. The molecular formula is C23H30N4O. The van der Waals surface area contributed by atoms with Gasteiger partial charge in [0.2, 0.25) is 0 Å². The van der Waals surface area contributed by atoms with Gasteiger partial charge in [0, 0.05) is 56.2 Å². The minimum Gasteiger partial charge on any atom is -0.367 e. The van der Waals surface area contributed by atoms with Gasteiger partial charge in [0.1, 0.15) is 5.82 Å². The summed E-state index contributed by atoms with van der Waals surface area (Å²) in [5, 5.41) is 0. The van der Waals surface area contributed by atoms with Gasteiger partial charge >= 0.3 is 0 Å². The fraction of sp³-hybridized carbons (Fsp3) is 0.478. The van der Waals surface area contributed by atoms with E-state index in [1.807, 2.05) is 17.0 Å². The fourth-order valence-corrected chi connectivity index (χ4v) is 4.42. The number of piperazine rings is 1. The van der Waals surface area contributed by atoms with Crippen LogP contribution in [-0.2, 0) is 0 Å². The fourth-order valence-electron chi connectivity index (χ4n) is 4.42. The van der Waals surface area contributed by atoms with E-state index in [-0.39, 0.29) is 5.91 Å². The number of nitrogens with zero attached hydrogens (tertiary/aromatic N) is 4. The van der Waals surface area contributed by atoms with E-state index in [4.69, 9.17) is 0 Å². The predicted molar refractivity (Wildman–Crippen MR) is 114 cm³/mol. The lowest BCUT2D eigenvalue weighted by Gasteiger charge is -2.42. The van der Waals surface area contributed by atoms with Crippen molar-refractivity contribution in [2.24, 2.45) is 0 Å². The number of hydrogen-bond donors (Lipinski definition) is 0. The number of hydrogen-bond acceptors (Lipinski definition) is 4. The Morgan fingerprint density at radius 3 is 2.57 bits per heavy atom. The van der Waals surface area contributed by atoms with Gasteiger partial charge in [-0.3, -0.25) is 4.79 Å². The van der Waals surface area contributed by atoms with Gasteiger partial charge in [-0.05, 0) is 56.9 Å². The quantitative estimate of drug-likeness (QED) is 0.816. The molecule has 3 heterocycles. The van der Waals surface area contributed by atoms with Crippen LogP contribution in [0.3, 0.4) is 0 Å². The monoisotopic (exact) mass is 378 g/mol. The van der Waals surface area contributed by atoms with Crippen LogP contribution >= 0.6 is 0 Å². The molecule has 0 bridgehead atoms. The third-order valence-corrected chi connectivity index (χ3v) is 6.01. The number of rotatable bonds is 3. The van der Waals surface area contributed by atoms with Gasteiger partial charge in [0.25, 0.3) is 5.91 Å². The molecule has 5 nitrogen and oxygen atoms in total. The first-order chi connectivity index (χ1) is 13.6. The number of piperidine rings is 1. The average molecular weight is 379 g/mol. The number of carbonyl (C=O) groups is 1. The summed E-state index contributed by atoms with van der Waals surface area (Å²) in [5.41, 5.74) is 3.40. The first-order valence-electron chi connectivity index (χ1n) is 10.5. The van der Waals surface area contributed by atoms with E-state index < -0.39 is 0 Å². The smallest absolute Gasteiger partial charge is 0.254 e. The Hall–Kier alpha value is -2.56. The Morgan fingerprint density at radius 2 is 1.82 bits per heavy atom. The topological polar surface area (TPSA) is 39.7 Å². The second-order valence-corrected chi connectivity index (χ2v) is 8.03. The maximum atomic E-state index is 12.9. The lowest BCUT2D eigenvalue weighted by molar-refractivity contribution is 0.0724. The zero-order valence-corrected chi connectivity index (χ0v) is 17.0. The third kappa shape index (κ3) is 3.84. The number of anilines is 2. The molecule has 0 N–H and O–H groups in total. The molecule has 0 saturated carbocycles. The molecule has 28 heavy (non-hydrogen) atoms. The highest BCUT2D eigenvalue weighted by atomic mass is 16.2.